The molecule has 2 rings (SSSR count). The number of carboxylic acid groups (broad SMARTS) is 1. The van der Waals surface area contributed by atoms with Gasteiger partial charge in [0.15, 0.2) is 0 Å². The largest absolute Gasteiger partial charge is 0.497 e. The zero-order valence-corrected chi connectivity index (χ0v) is 13.7. The van der Waals surface area contributed by atoms with Gasteiger partial charge in [0.05, 0.1) is 19.6 Å². The van der Waals surface area contributed by atoms with Gasteiger partial charge in [-0.15, -0.1) is 0 Å². The van der Waals surface area contributed by atoms with Crippen molar-refractivity contribution < 1.29 is 19.4 Å². The highest BCUT2D eigenvalue weighted by molar-refractivity contribution is 5.76. The molecule has 2 aromatic carbocycles. The summed E-state index contributed by atoms with van der Waals surface area (Å²) in [6, 6.07) is 13.1. The van der Waals surface area contributed by atoms with Gasteiger partial charge in [-0.2, -0.15) is 0 Å². The molecule has 0 aliphatic carbocycles. The molecule has 1 unspecified atom stereocenters. The highest BCUT2D eigenvalue weighted by Gasteiger charge is 2.20. The van der Waals surface area contributed by atoms with Crippen LogP contribution in [0.1, 0.15) is 29.0 Å². The van der Waals surface area contributed by atoms with E-state index in [1.165, 1.54) is 0 Å². The van der Waals surface area contributed by atoms with E-state index in [4.69, 9.17) is 9.47 Å². The third-order valence-electron chi connectivity index (χ3n) is 3.86. The number of ether oxygens (including phenoxy) is 2. The van der Waals surface area contributed by atoms with Crippen LogP contribution in [0.2, 0.25) is 0 Å². The number of hydrogen-bond acceptors (Lipinski definition) is 3. The van der Waals surface area contributed by atoms with E-state index in [1.54, 1.807) is 31.4 Å². The minimum Gasteiger partial charge on any atom is -0.497 e. The fraction of sp³-hybridized carbons (Fsp3) is 0.316. The number of carbonyl (C=O) groups is 1. The van der Waals surface area contributed by atoms with E-state index in [0.29, 0.717) is 18.8 Å². The zero-order chi connectivity index (χ0) is 16.8. The molecule has 1 atom stereocenters. The Morgan fingerprint density at radius 3 is 2.39 bits per heavy atom. The van der Waals surface area contributed by atoms with Crippen molar-refractivity contribution in [3.8, 4) is 11.5 Å². The van der Waals surface area contributed by atoms with Crippen molar-refractivity contribution in [1.29, 1.82) is 0 Å². The first-order valence-electron chi connectivity index (χ1n) is 7.58. The van der Waals surface area contributed by atoms with Gasteiger partial charge >= 0.3 is 5.97 Å². The summed E-state index contributed by atoms with van der Waals surface area (Å²) in [4.78, 5) is 11.6. The first kappa shape index (κ1) is 16.9. The van der Waals surface area contributed by atoms with Crippen LogP contribution in [0.25, 0.3) is 0 Å². The summed E-state index contributed by atoms with van der Waals surface area (Å²) >= 11 is 0. The van der Waals surface area contributed by atoms with Gasteiger partial charge in [0, 0.05) is 0 Å². The van der Waals surface area contributed by atoms with Crippen LogP contribution in [0.5, 0.6) is 11.5 Å². The Balaban J connectivity index is 2.07. The van der Waals surface area contributed by atoms with Gasteiger partial charge in [0.1, 0.15) is 11.5 Å². The Labute approximate surface area is 136 Å². The Hall–Kier alpha value is -2.49. The van der Waals surface area contributed by atoms with Crippen molar-refractivity contribution in [3.63, 3.8) is 0 Å². The van der Waals surface area contributed by atoms with Crippen molar-refractivity contribution in [3.05, 3.63) is 59.2 Å². The predicted molar refractivity (Wildman–Crippen MR) is 89.4 cm³/mol. The average Bonchev–Trinajstić information content (AvgIpc) is 2.53. The summed E-state index contributed by atoms with van der Waals surface area (Å²) in [6.45, 7) is 4.32. The number of aryl methyl sites for hydroxylation is 2. The van der Waals surface area contributed by atoms with Crippen LogP contribution in [0, 0.1) is 13.8 Å². The van der Waals surface area contributed by atoms with Crippen molar-refractivity contribution in [2.45, 2.75) is 26.2 Å². The number of para-hydroxylation sites is 1. The molecular weight excluding hydrogens is 292 g/mol. The number of methoxy groups -OCH3 is 1. The number of rotatable bonds is 7. The smallest absolute Gasteiger partial charge is 0.311 e. The molecule has 0 bridgehead atoms. The van der Waals surface area contributed by atoms with Gasteiger partial charge in [-0.1, -0.05) is 30.3 Å². The lowest BCUT2D eigenvalue weighted by molar-refractivity contribution is -0.139. The van der Waals surface area contributed by atoms with E-state index in [-0.39, 0.29) is 0 Å². The molecule has 0 aliphatic rings. The van der Waals surface area contributed by atoms with Crippen LogP contribution in [0.15, 0.2) is 42.5 Å². The Kier molecular flexibility index (Phi) is 5.63. The lowest BCUT2D eigenvalue weighted by Crippen LogP contribution is -2.15. The molecule has 0 saturated carbocycles. The van der Waals surface area contributed by atoms with E-state index in [0.717, 1.165) is 22.4 Å². The standard InChI is InChI=1S/C19H22O4/c1-13-6-4-7-14(2)18(13)23-11-10-17(19(20)21)15-8-5-9-16(12-15)22-3/h4-9,12,17H,10-11H2,1-3H3,(H,20,21). The third kappa shape index (κ3) is 4.25. The van der Waals surface area contributed by atoms with Crippen LogP contribution in [0.3, 0.4) is 0 Å². The quantitative estimate of drug-likeness (QED) is 0.840. The molecule has 0 aromatic heterocycles. The van der Waals surface area contributed by atoms with E-state index in [2.05, 4.69) is 0 Å². The molecule has 2 aromatic rings. The van der Waals surface area contributed by atoms with Crippen molar-refractivity contribution in [2.75, 3.05) is 13.7 Å². The van der Waals surface area contributed by atoms with Crippen molar-refractivity contribution in [1.82, 2.24) is 0 Å². The second kappa shape index (κ2) is 7.68. The summed E-state index contributed by atoms with van der Waals surface area (Å²) in [5.41, 5.74) is 2.83. The summed E-state index contributed by atoms with van der Waals surface area (Å²) in [5, 5.41) is 9.50. The Bertz CT molecular complexity index is 659. The number of benzene rings is 2. The molecule has 23 heavy (non-hydrogen) atoms. The topological polar surface area (TPSA) is 55.8 Å². The predicted octanol–water partition coefficient (Wildman–Crippen LogP) is 3.95. The summed E-state index contributed by atoms with van der Waals surface area (Å²) in [7, 11) is 1.57. The summed E-state index contributed by atoms with van der Waals surface area (Å²) in [5.74, 6) is 0.0180. The second-order valence-electron chi connectivity index (χ2n) is 5.53. The fourth-order valence-electron chi connectivity index (χ4n) is 2.60. The SMILES string of the molecule is COc1cccc(C(CCOc2c(C)cccc2C)C(=O)O)c1. The van der Waals surface area contributed by atoms with Crippen molar-refractivity contribution in [2.24, 2.45) is 0 Å². The Morgan fingerprint density at radius 1 is 1.13 bits per heavy atom. The molecule has 0 fully saturated rings. The molecule has 4 heteroatoms. The van der Waals surface area contributed by atoms with Gasteiger partial charge in [-0.05, 0) is 49.1 Å². The molecule has 4 nitrogen and oxygen atoms in total. The molecule has 0 amide bonds. The normalized spacial score (nSPS) is 11.8. The van der Waals surface area contributed by atoms with Gasteiger partial charge in [0.2, 0.25) is 0 Å². The molecule has 0 saturated heterocycles. The van der Waals surface area contributed by atoms with Crippen LogP contribution < -0.4 is 9.47 Å². The van der Waals surface area contributed by atoms with Crippen LogP contribution in [0.4, 0.5) is 0 Å². The molecular formula is C19H22O4. The summed E-state index contributed by atoms with van der Waals surface area (Å²) < 4.78 is 11.0. The molecule has 0 radical (unpaired) electrons. The Morgan fingerprint density at radius 2 is 1.78 bits per heavy atom. The first-order chi connectivity index (χ1) is 11.0. The maximum absolute atomic E-state index is 11.6. The number of hydrogen-bond donors (Lipinski definition) is 1. The molecule has 0 aliphatic heterocycles. The molecule has 0 spiro atoms. The lowest BCUT2D eigenvalue weighted by Gasteiger charge is -2.16. The number of aliphatic carboxylic acids is 1. The zero-order valence-electron chi connectivity index (χ0n) is 13.7. The minimum atomic E-state index is -0.858. The minimum absolute atomic E-state index is 0.347. The lowest BCUT2D eigenvalue weighted by atomic mass is 9.96. The van der Waals surface area contributed by atoms with Crippen LogP contribution >= 0.6 is 0 Å². The molecule has 122 valence electrons. The van der Waals surface area contributed by atoms with Gasteiger partial charge in [0.25, 0.3) is 0 Å². The summed E-state index contributed by atoms with van der Waals surface area (Å²) in [6.07, 6.45) is 0.399. The number of carboxylic acids is 1. The maximum Gasteiger partial charge on any atom is 0.311 e. The maximum atomic E-state index is 11.6. The van der Waals surface area contributed by atoms with Crippen LogP contribution in [-0.4, -0.2) is 24.8 Å². The van der Waals surface area contributed by atoms with Crippen molar-refractivity contribution >= 4 is 5.97 Å². The van der Waals surface area contributed by atoms with Gasteiger partial charge in [-0.3, -0.25) is 4.79 Å². The third-order valence-corrected chi connectivity index (χ3v) is 3.86. The molecule has 0 heterocycles. The fourth-order valence-corrected chi connectivity index (χ4v) is 2.60. The second-order valence-corrected chi connectivity index (χ2v) is 5.53. The first-order valence-corrected chi connectivity index (χ1v) is 7.58. The average molecular weight is 314 g/mol. The molecule has 1 N–H and O–H groups in total. The highest BCUT2D eigenvalue weighted by atomic mass is 16.5. The van der Waals surface area contributed by atoms with E-state index < -0.39 is 11.9 Å². The highest BCUT2D eigenvalue weighted by Crippen LogP contribution is 2.26. The monoisotopic (exact) mass is 314 g/mol. The van der Waals surface area contributed by atoms with E-state index in [1.807, 2.05) is 32.0 Å². The van der Waals surface area contributed by atoms with E-state index in [9.17, 15) is 9.90 Å². The van der Waals surface area contributed by atoms with Gasteiger partial charge < -0.3 is 14.6 Å². The van der Waals surface area contributed by atoms with Crippen LogP contribution in [-0.2, 0) is 4.79 Å². The van der Waals surface area contributed by atoms with Gasteiger partial charge in [-0.25, -0.2) is 0 Å². The van der Waals surface area contributed by atoms with E-state index >= 15 is 0 Å².